The largest absolute Gasteiger partial charge is 0.454 e. The van der Waals surface area contributed by atoms with E-state index in [2.05, 4.69) is 15.7 Å². The van der Waals surface area contributed by atoms with Crippen molar-refractivity contribution in [1.29, 1.82) is 0 Å². The lowest BCUT2D eigenvalue weighted by Crippen LogP contribution is -2.35. The maximum Gasteiger partial charge on any atom is 0.410 e. The Bertz CT molecular complexity index is 1240. The number of benzene rings is 2. The van der Waals surface area contributed by atoms with Gasteiger partial charge in [0.2, 0.25) is 6.79 Å². The van der Waals surface area contributed by atoms with Gasteiger partial charge in [-0.05, 0) is 42.3 Å². The van der Waals surface area contributed by atoms with Crippen molar-refractivity contribution in [2.45, 2.75) is 31.6 Å². The van der Waals surface area contributed by atoms with E-state index in [1.807, 2.05) is 6.92 Å². The molecular formula is C22H18ClF3N4O3. The van der Waals surface area contributed by atoms with E-state index < -0.39 is 24.2 Å². The van der Waals surface area contributed by atoms with E-state index in [4.69, 9.17) is 21.1 Å². The average Bonchev–Trinajstić information content (AvgIpc) is 3.41. The number of aromatic nitrogens is 2. The van der Waals surface area contributed by atoms with Crippen LogP contribution in [0.4, 0.5) is 24.7 Å². The fourth-order valence-corrected chi connectivity index (χ4v) is 4.08. The number of halogens is 4. The molecular weight excluding hydrogens is 461 g/mol. The highest BCUT2D eigenvalue weighted by atomic mass is 35.5. The molecule has 33 heavy (non-hydrogen) atoms. The molecule has 0 bridgehead atoms. The first-order chi connectivity index (χ1) is 15.7. The molecule has 2 atom stereocenters. The third-order valence-electron chi connectivity index (χ3n) is 5.65. The number of rotatable bonds is 3. The number of nitrogens with zero attached hydrogens (tertiary/aromatic N) is 2. The van der Waals surface area contributed by atoms with Crippen molar-refractivity contribution in [3.05, 3.63) is 64.3 Å². The van der Waals surface area contributed by atoms with Crippen molar-refractivity contribution < 1.29 is 27.4 Å². The van der Waals surface area contributed by atoms with Crippen LogP contribution in [0.1, 0.15) is 40.1 Å². The van der Waals surface area contributed by atoms with E-state index in [1.54, 1.807) is 36.4 Å². The van der Waals surface area contributed by atoms with Gasteiger partial charge in [0.1, 0.15) is 5.82 Å². The number of fused-ring (bicyclic) bond motifs is 2. The Labute approximate surface area is 191 Å². The molecule has 11 heteroatoms. The smallest absolute Gasteiger partial charge is 0.410 e. The summed E-state index contributed by atoms with van der Waals surface area (Å²) in [5, 5.41) is 10.1. The zero-order valence-electron chi connectivity index (χ0n) is 17.2. The molecule has 1 amide bonds. The molecule has 0 radical (unpaired) electrons. The maximum absolute atomic E-state index is 13.9. The predicted octanol–water partition coefficient (Wildman–Crippen LogP) is 5.49. The van der Waals surface area contributed by atoms with Crippen molar-refractivity contribution in [1.82, 2.24) is 9.78 Å². The Hall–Kier alpha value is -3.40. The summed E-state index contributed by atoms with van der Waals surface area (Å²) < 4.78 is 53.2. The lowest BCUT2D eigenvalue weighted by Gasteiger charge is -2.33. The monoisotopic (exact) mass is 478 g/mol. The molecule has 0 aliphatic carbocycles. The Morgan fingerprint density at radius 3 is 2.73 bits per heavy atom. The Kier molecular flexibility index (Phi) is 5.12. The van der Waals surface area contributed by atoms with Crippen LogP contribution in [-0.2, 0) is 0 Å². The number of ether oxygens (including phenoxy) is 2. The molecule has 3 heterocycles. The molecule has 2 N–H and O–H groups in total. The summed E-state index contributed by atoms with van der Waals surface area (Å²) in [5.41, 5.74) is 1.72. The molecule has 0 unspecified atom stereocenters. The minimum atomic E-state index is -4.56. The van der Waals surface area contributed by atoms with Crippen LogP contribution in [0, 0.1) is 6.92 Å². The van der Waals surface area contributed by atoms with Gasteiger partial charge in [0, 0.05) is 23.2 Å². The highest BCUT2D eigenvalue weighted by molar-refractivity contribution is 6.31. The van der Waals surface area contributed by atoms with Crippen LogP contribution < -0.4 is 20.1 Å². The molecule has 0 spiro atoms. The van der Waals surface area contributed by atoms with Gasteiger partial charge in [-0.15, -0.1) is 0 Å². The highest BCUT2D eigenvalue weighted by Crippen LogP contribution is 2.45. The first kappa shape index (κ1) is 21.4. The topological polar surface area (TPSA) is 77.4 Å². The van der Waals surface area contributed by atoms with Crippen molar-refractivity contribution in [2.24, 2.45) is 0 Å². The van der Waals surface area contributed by atoms with Gasteiger partial charge in [-0.25, -0.2) is 4.68 Å². The maximum atomic E-state index is 13.9. The molecule has 5 rings (SSSR count). The normalized spacial score (nSPS) is 19.1. The Morgan fingerprint density at radius 2 is 1.97 bits per heavy atom. The number of hydrogen-bond donors (Lipinski definition) is 2. The SMILES string of the molecule is Cc1ccc(NC(=O)c2cc3n(n2)[C@@H](C(F)(F)F)C[C@@H](c2ccc4c(c2)OCO4)N3)cc1Cl. The molecule has 2 aliphatic heterocycles. The number of carbonyl (C=O) groups is 1. The molecule has 0 saturated carbocycles. The lowest BCUT2D eigenvalue weighted by atomic mass is 9.96. The molecule has 2 aliphatic rings. The molecule has 2 aromatic carbocycles. The van der Waals surface area contributed by atoms with Crippen LogP contribution in [0.3, 0.4) is 0 Å². The standard InChI is InChI=1S/C22H18ClF3N4O3/c1-11-2-4-13(7-14(11)23)27-21(31)16-9-20-28-15(8-19(22(24,25)26)30(20)29-16)12-3-5-17-18(6-12)33-10-32-17/h2-7,9,15,19,28H,8,10H2,1H3,(H,27,31)/t15-,19+/m0/s1. The van der Waals surface area contributed by atoms with E-state index >= 15 is 0 Å². The van der Waals surface area contributed by atoms with Gasteiger partial charge in [-0.3, -0.25) is 4.79 Å². The second-order valence-corrected chi connectivity index (χ2v) is 8.29. The van der Waals surface area contributed by atoms with E-state index in [0.29, 0.717) is 27.8 Å². The summed E-state index contributed by atoms with van der Waals surface area (Å²) in [6, 6.07) is 8.71. The molecule has 7 nitrogen and oxygen atoms in total. The average molecular weight is 479 g/mol. The minimum absolute atomic E-state index is 0.0689. The number of carbonyl (C=O) groups excluding carboxylic acids is 1. The number of anilines is 2. The summed E-state index contributed by atoms with van der Waals surface area (Å²) in [7, 11) is 0. The number of aryl methyl sites for hydroxylation is 1. The Morgan fingerprint density at radius 1 is 1.18 bits per heavy atom. The van der Waals surface area contributed by atoms with Crippen molar-refractivity contribution in [3.8, 4) is 11.5 Å². The second-order valence-electron chi connectivity index (χ2n) is 7.88. The van der Waals surface area contributed by atoms with Crippen molar-refractivity contribution >= 4 is 29.0 Å². The van der Waals surface area contributed by atoms with E-state index in [-0.39, 0.29) is 24.7 Å². The van der Waals surface area contributed by atoms with Gasteiger partial charge in [-0.1, -0.05) is 23.7 Å². The predicted molar refractivity (Wildman–Crippen MR) is 115 cm³/mol. The lowest BCUT2D eigenvalue weighted by molar-refractivity contribution is -0.173. The highest BCUT2D eigenvalue weighted by Gasteiger charge is 2.47. The van der Waals surface area contributed by atoms with E-state index in [0.717, 1.165) is 10.2 Å². The van der Waals surface area contributed by atoms with Crippen LogP contribution in [0.2, 0.25) is 5.02 Å². The van der Waals surface area contributed by atoms with Crippen molar-refractivity contribution in [3.63, 3.8) is 0 Å². The first-order valence-electron chi connectivity index (χ1n) is 10.1. The molecule has 3 aromatic rings. The van der Waals surface area contributed by atoms with Crippen LogP contribution in [-0.4, -0.2) is 28.7 Å². The summed E-state index contributed by atoms with van der Waals surface area (Å²) in [6.07, 6.45) is -4.86. The quantitative estimate of drug-likeness (QED) is 0.521. The summed E-state index contributed by atoms with van der Waals surface area (Å²) in [5.74, 6) is 0.480. The summed E-state index contributed by atoms with van der Waals surface area (Å²) in [6.45, 7) is 1.89. The zero-order valence-corrected chi connectivity index (χ0v) is 18.0. The summed E-state index contributed by atoms with van der Waals surface area (Å²) in [4.78, 5) is 12.7. The number of alkyl halides is 3. The van der Waals surface area contributed by atoms with Gasteiger partial charge < -0.3 is 20.1 Å². The number of hydrogen-bond acceptors (Lipinski definition) is 5. The number of nitrogens with one attached hydrogen (secondary N) is 2. The third kappa shape index (κ3) is 4.06. The Balaban J connectivity index is 1.44. The van der Waals surface area contributed by atoms with E-state index in [9.17, 15) is 18.0 Å². The van der Waals surface area contributed by atoms with Gasteiger partial charge in [-0.2, -0.15) is 18.3 Å². The van der Waals surface area contributed by atoms with Gasteiger partial charge >= 0.3 is 6.18 Å². The van der Waals surface area contributed by atoms with E-state index in [1.165, 1.54) is 6.07 Å². The second kappa shape index (κ2) is 7.87. The molecule has 1 aromatic heterocycles. The number of amides is 1. The molecule has 0 fully saturated rings. The molecule has 0 saturated heterocycles. The third-order valence-corrected chi connectivity index (χ3v) is 6.06. The zero-order chi connectivity index (χ0) is 23.3. The van der Waals surface area contributed by atoms with Crippen molar-refractivity contribution in [2.75, 3.05) is 17.4 Å². The van der Waals surface area contributed by atoms with Crippen LogP contribution in [0.5, 0.6) is 11.5 Å². The van der Waals surface area contributed by atoms with Crippen LogP contribution in [0.25, 0.3) is 0 Å². The van der Waals surface area contributed by atoms with Gasteiger partial charge in [0.15, 0.2) is 23.2 Å². The summed E-state index contributed by atoms with van der Waals surface area (Å²) >= 11 is 6.08. The molecule has 172 valence electrons. The first-order valence-corrected chi connectivity index (χ1v) is 10.5. The van der Waals surface area contributed by atoms with Crippen LogP contribution >= 0.6 is 11.6 Å². The van der Waals surface area contributed by atoms with Gasteiger partial charge in [0.05, 0.1) is 6.04 Å². The minimum Gasteiger partial charge on any atom is -0.454 e. The fourth-order valence-electron chi connectivity index (χ4n) is 3.90. The van der Waals surface area contributed by atoms with Crippen LogP contribution in [0.15, 0.2) is 42.5 Å². The fraction of sp³-hybridized carbons (Fsp3) is 0.273. The van der Waals surface area contributed by atoms with Gasteiger partial charge in [0.25, 0.3) is 5.91 Å².